The average Bonchev–Trinajstić information content (AvgIpc) is 3.01. The molecule has 2 N–H and O–H groups in total. The van der Waals surface area contributed by atoms with Gasteiger partial charge in [-0.25, -0.2) is 4.98 Å². The molecule has 2 saturated carbocycles. The van der Waals surface area contributed by atoms with Crippen molar-refractivity contribution in [2.75, 3.05) is 19.3 Å². The van der Waals surface area contributed by atoms with Crippen LogP contribution in [0.1, 0.15) is 36.2 Å². The first kappa shape index (κ1) is 12.5. The number of nitrogens with two attached hydrogens (primary N) is 1. The van der Waals surface area contributed by atoms with Crippen LogP contribution in [0.4, 0.5) is 5.69 Å². The third-order valence-electron chi connectivity index (χ3n) is 4.75. The monoisotopic (exact) mass is 259 g/mol. The van der Waals surface area contributed by atoms with E-state index in [4.69, 9.17) is 5.73 Å². The molecule has 4 heteroatoms. The van der Waals surface area contributed by atoms with Crippen LogP contribution in [0, 0.1) is 17.8 Å². The Bertz CT molecular complexity index is 471. The van der Waals surface area contributed by atoms with Crippen LogP contribution in [0.25, 0.3) is 0 Å². The van der Waals surface area contributed by atoms with Crippen LogP contribution < -0.4 is 5.73 Å². The summed E-state index contributed by atoms with van der Waals surface area (Å²) in [7, 11) is 1.88. The largest absolute Gasteiger partial charge is 0.397 e. The van der Waals surface area contributed by atoms with Crippen molar-refractivity contribution in [1.29, 1.82) is 0 Å². The highest BCUT2D eigenvalue weighted by Gasteiger charge is 2.40. The molecule has 1 aromatic rings. The second-order valence-corrected chi connectivity index (χ2v) is 6.10. The highest BCUT2D eigenvalue weighted by molar-refractivity contribution is 5.92. The number of nitrogen functional groups attached to an aromatic ring is 1. The molecule has 0 aromatic carbocycles. The summed E-state index contributed by atoms with van der Waals surface area (Å²) in [6, 6.07) is 3.43. The maximum atomic E-state index is 12.3. The van der Waals surface area contributed by atoms with E-state index in [1.165, 1.54) is 25.7 Å². The molecule has 4 nitrogen and oxygen atoms in total. The van der Waals surface area contributed by atoms with E-state index in [9.17, 15) is 4.79 Å². The van der Waals surface area contributed by atoms with Crippen molar-refractivity contribution in [3.8, 4) is 0 Å². The molecule has 1 heterocycles. The van der Waals surface area contributed by atoms with Gasteiger partial charge in [0.1, 0.15) is 5.69 Å². The Morgan fingerprint density at radius 3 is 2.84 bits per heavy atom. The first-order chi connectivity index (χ1) is 9.13. The zero-order chi connectivity index (χ0) is 13.4. The Balaban J connectivity index is 1.62. The Kier molecular flexibility index (Phi) is 3.17. The number of anilines is 1. The molecule has 3 unspecified atom stereocenters. The van der Waals surface area contributed by atoms with Gasteiger partial charge in [-0.15, -0.1) is 0 Å². The van der Waals surface area contributed by atoms with Gasteiger partial charge in [-0.2, -0.15) is 0 Å². The van der Waals surface area contributed by atoms with Gasteiger partial charge in [-0.05, 0) is 49.1 Å². The molecule has 2 aliphatic rings. The van der Waals surface area contributed by atoms with Gasteiger partial charge >= 0.3 is 0 Å². The van der Waals surface area contributed by atoms with Gasteiger partial charge in [0.2, 0.25) is 0 Å². The molecule has 19 heavy (non-hydrogen) atoms. The Labute approximate surface area is 114 Å². The fourth-order valence-electron chi connectivity index (χ4n) is 3.76. The van der Waals surface area contributed by atoms with Crippen molar-refractivity contribution in [3.05, 3.63) is 24.0 Å². The van der Waals surface area contributed by atoms with Crippen LogP contribution in [0.5, 0.6) is 0 Å². The van der Waals surface area contributed by atoms with E-state index in [2.05, 4.69) is 4.98 Å². The lowest BCUT2D eigenvalue weighted by Gasteiger charge is -2.27. The molecule has 2 bridgehead atoms. The number of hydrogen-bond donors (Lipinski definition) is 1. The van der Waals surface area contributed by atoms with E-state index in [0.717, 1.165) is 18.4 Å². The molecule has 0 saturated heterocycles. The number of hydrogen-bond acceptors (Lipinski definition) is 3. The maximum absolute atomic E-state index is 12.3. The molecule has 0 aliphatic heterocycles. The molecule has 1 aromatic heterocycles. The summed E-state index contributed by atoms with van der Waals surface area (Å²) in [6.07, 6.45) is 6.98. The minimum atomic E-state index is 0.00257. The SMILES string of the molecule is CN(CC1CC2CCC1C2)C(=O)c1ccc(N)cn1. The second kappa shape index (κ2) is 4.83. The number of amides is 1. The molecule has 1 amide bonds. The van der Waals surface area contributed by atoms with E-state index in [1.54, 1.807) is 18.3 Å². The number of fused-ring (bicyclic) bond motifs is 2. The van der Waals surface area contributed by atoms with Crippen LogP contribution in [0.2, 0.25) is 0 Å². The summed E-state index contributed by atoms with van der Waals surface area (Å²) in [5, 5.41) is 0. The zero-order valence-corrected chi connectivity index (χ0v) is 11.4. The minimum absolute atomic E-state index is 0.00257. The standard InChI is InChI=1S/C15H21N3O/c1-18(9-12-7-10-2-3-11(12)6-10)15(19)14-5-4-13(16)8-17-14/h4-5,8,10-12H,2-3,6-7,9,16H2,1H3. The minimum Gasteiger partial charge on any atom is -0.397 e. The van der Waals surface area contributed by atoms with Crippen molar-refractivity contribution in [3.63, 3.8) is 0 Å². The molecule has 2 fully saturated rings. The lowest BCUT2D eigenvalue weighted by atomic mass is 9.88. The molecule has 0 spiro atoms. The molecule has 102 valence electrons. The van der Waals surface area contributed by atoms with Gasteiger partial charge in [0.05, 0.1) is 11.9 Å². The molecule has 3 rings (SSSR count). The summed E-state index contributed by atoms with van der Waals surface area (Å²) in [5.74, 6) is 2.47. The number of pyridine rings is 1. The molecule has 3 atom stereocenters. The maximum Gasteiger partial charge on any atom is 0.272 e. The van der Waals surface area contributed by atoms with Gasteiger partial charge in [0, 0.05) is 13.6 Å². The quantitative estimate of drug-likeness (QED) is 0.905. The third-order valence-corrected chi connectivity index (χ3v) is 4.75. The summed E-state index contributed by atoms with van der Waals surface area (Å²) in [5.41, 5.74) is 6.66. The highest BCUT2D eigenvalue weighted by atomic mass is 16.2. The van der Waals surface area contributed by atoms with E-state index >= 15 is 0 Å². The van der Waals surface area contributed by atoms with E-state index in [-0.39, 0.29) is 5.91 Å². The number of nitrogens with zero attached hydrogens (tertiary/aromatic N) is 2. The van der Waals surface area contributed by atoms with Gasteiger partial charge < -0.3 is 10.6 Å². The Hall–Kier alpha value is -1.58. The smallest absolute Gasteiger partial charge is 0.272 e. The Morgan fingerprint density at radius 2 is 2.26 bits per heavy atom. The fraction of sp³-hybridized carbons (Fsp3) is 0.600. The third kappa shape index (κ3) is 2.44. The zero-order valence-electron chi connectivity index (χ0n) is 11.4. The number of carbonyl (C=O) groups is 1. The summed E-state index contributed by atoms with van der Waals surface area (Å²) >= 11 is 0. The summed E-state index contributed by atoms with van der Waals surface area (Å²) < 4.78 is 0. The molecular weight excluding hydrogens is 238 g/mol. The fourth-order valence-corrected chi connectivity index (χ4v) is 3.76. The number of rotatable bonds is 3. The van der Waals surface area contributed by atoms with Crippen molar-refractivity contribution in [2.24, 2.45) is 17.8 Å². The highest BCUT2D eigenvalue weighted by Crippen LogP contribution is 2.48. The van der Waals surface area contributed by atoms with E-state index in [0.29, 0.717) is 17.3 Å². The van der Waals surface area contributed by atoms with Crippen molar-refractivity contribution >= 4 is 11.6 Å². The molecular formula is C15H21N3O. The van der Waals surface area contributed by atoms with E-state index in [1.807, 2.05) is 11.9 Å². The van der Waals surface area contributed by atoms with Crippen LogP contribution in [-0.4, -0.2) is 29.4 Å². The van der Waals surface area contributed by atoms with Crippen LogP contribution >= 0.6 is 0 Å². The van der Waals surface area contributed by atoms with Crippen LogP contribution in [-0.2, 0) is 0 Å². The Morgan fingerprint density at radius 1 is 1.42 bits per heavy atom. The second-order valence-electron chi connectivity index (χ2n) is 6.10. The van der Waals surface area contributed by atoms with Gasteiger partial charge in [-0.3, -0.25) is 4.79 Å². The lowest BCUT2D eigenvalue weighted by molar-refractivity contribution is 0.0748. The average molecular weight is 259 g/mol. The first-order valence-electron chi connectivity index (χ1n) is 7.10. The van der Waals surface area contributed by atoms with Gasteiger partial charge in [0.25, 0.3) is 5.91 Å². The van der Waals surface area contributed by atoms with Crippen molar-refractivity contribution in [2.45, 2.75) is 25.7 Å². The number of carbonyl (C=O) groups excluding carboxylic acids is 1. The normalized spacial score (nSPS) is 28.6. The van der Waals surface area contributed by atoms with Gasteiger partial charge in [-0.1, -0.05) is 6.42 Å². The topological polar surface area (TPSA) is 59.2 Å². The number of aromatic nitrogens is 1. The molecule has 2 aliphatic carbocycles. The van der Waals surface area contributed by atoms with Crippen molar-refractivity contribution in [1.82, 2.24) is 9.88 Å². The lowest BCUT2D eigenvalue weighted by Crippen LogP contribution is -2.34. The first-order valence-corrected chi connectivity index (χ1v) is 7.10. The van der Waals surface area contributed by atoms with Gasteiger partial charge in [0.15, 0.2) is 0 Å². The van der Waals surface area contributed by atoms with Crippen LogP contribution in [0.3, 0.4) is 0 Å². The molecule has 0 radical (unpaired) electrons. The van der Waals surface area contributed by atoms with Crippen LogP contribution in [0.15, 0.2) is 18.3 Å². The van der Waals surface area contributed by atoms with E-state index < -0.39 is 0 Å². The predicted octanol–water partition coefficient (Wildman–Crippen LogP) is 2.17. The van der Waals surface area contributed by atoms with Crippen molar-refractivity contribution < 1.29 is 4.79 Å². The predicted molar refractivity (Wildman–Crippen MR) is 74.5 cm³/mol. The summed E-state index contributed by atoms with van der Waals surface area (Å²) in [6.45, 7) is 0.867. The summed E-state index contributed by atoms with van der Waals surface area (Å²) in [4.78, 5) is 18.2.